The first kappa shape index (κ1) is 16.0. The van der Waals surface area contributed by atoms with E-state index in [9.17, 15) is 4.79 Å². The van der Waals surface area contributed by atoms with Crippen LogP contribution in [0.3, 0.4) is 0 Å². The van der Waals surface area contributed by atoms with Crippen molar-refractivity contribution in [2.24, 2.45) is 5.92 Å². The number of hydrogen-bond acceptors (Lipinski definition) is 3. The first-order valence-electron chi connectivity index (χ1n) is 8.44. The van der Waals surface area contributed by atoms with E-state index in [4.69, 9.17) is 0 Å². The number of anilines is 1. The van der Waals surface area contributed by atoms with Crippen molar-refractivity contribution in [3.63, 3.8) is 0 Å². The number of carbonyl (C=O) groups excluding carboxylic acids is 1. The molecule has 0 spiro atoms. The Morgan fingerprint density at radius 2 is 1.76 bits per heavy atom. The summed E-state index contributed by atoms with van der Waals surface area (Å²) in [5.74, 6) is -0.0158. The van der Waals surface area contributed by atoms with Crippen LogP contribution in [-0.2, 0) is 10.2 Å². The van der Waals surface area contributed by atoms with E-state index in [2.05, 4.69) is 72.7 Å². The van der Waals surface area contributed by atoms with E-state index in [0.29, 0.717) is 5.13 Å². The summed E-state index contributed by atoms with van der Waals surface area (Å²) < 4.78 is 0. The van der Waals surface area contributed by atoms with Crippen LogP contribution in [-0.4, -0.2) is 10.9 Å². The molecule has 1 atom stereocenters. The molecule has 1 aromatic heterocycles. The predicted octanol–water partition coefficient (Wildman–Crippen LogP) is 4.70. The summed E-state index contributed by atoms with van der Waals surface area (Å²) >= 11 is 1.45. The van der Waals surface area contributed by atoms with Crippen LogP contribution in [0.4, 0.5) is 5.13 Å². The van der Waals surface area contributed by atoms with Crippen molar-refractivity contribution in [1.29, 1.82) is 0 Å². The maximum Gasteiger partial charge on any atom is 0.230 e. The van der Waals surface area contributed by atoms with Crippen LogP contribution in [0.2, 0.25) is 0 Å². The van der Waals surface area contributed by atoms with Gasteiger partial charge in [0.1, 0.15) is 0 Å². The predicted molar refractivity (Wildman–Crippen MR) is 102 cm³/mol. The number of hydrogen-bond donors (Lipinski definition) is 1. The van der Waals surface area contributed by atoms with E-state index < -0.39 is 0 Å². The van der Waals surface area contributed by atoms with Crippen LogP contribution in [0.5, 0.6) is 0 Å². The Balaban J connectivity index is 1.73. The Morgan fingerprint density at radius 3 is 2.28 bits per heavy atom. The van der Waals surface area contributed by atoms with Crippen LogP contribution in [0, 0.1) is 19.8 Å². The van der Waals surface area contributed by atoms with Crippen LogP contribution < -0.4 is 5.32 Å². The third-order valence-electron chi connectivity index (χ3n) is 5.01. The van der Waals surface area contributed by atoms with Crippen molar-refractivity contribution < 1.29 is 4.79 Å². The number of aromatic nitrogens is 1. The fourth-order valence-electron chi connectivity index (χ4n) is 3.71. The van der Waals surface area contributed by atoms with Gasteiger partial charge in [0.25, 0.3) is 0 Å². The van der Waals surface area contributed by atoms with Crippen molar-refractivity contribution in [3.8, 4) is 0 Å². The maximum absolute atomic E-state index is 12.9. The highest BCUT2D eigenvalue weighted by Gasteiger charge is 2.60. The molecule has 3 nitrogen and oxygen atoms in total. The minimum Gasteiger partial charge on any atom is -0.302 e. The Labute approximate surface area is 151 Å². The van der Waals surface area contributed by atoms with Crippen molar-refractivity contribution >= 4 is 22.4 Å². The molecule has 25 heavy (non-hydrogen) atoms. The molecule has 1 aliphatic carbocycles. The highest BCUT2D eigenvalue weighted by Crippen LogP contribution is 2.59. The Kier molecular flexibility index (Phi) is 3.92. The summed E-state index contributed by atoms with van der Waals surface area (Å²) in [6.45, 7) is 4.20. The van der Waals surface area contributed by atoms with Gasteiger partial charge in [-0.3, -0.25) is 4.79 Å². The zero-order valence-electron chi connectivity index (χ0n) is 14.3. The van der Waals surface area contributed by atoms with Crippen LogP contribution in [0.15, 0.2) is 60.1 Å². The van der Waals surface area contributed by atoms with Crippen LogP contribution >= 0.6 is 11.3 Å². The first-order valence-corrected chi connectivity index (χ1v) is 9.32. The van der Waals surface area contributed by atoms with Crippen molar-refractivity contribution in [1.82, 2.24) is 4.98 Å². The normalized spacial score (nSPS) is 17.9. The van der Waals surface area contributed by atoms with Crippen molar-refractivity contribution in [3.05, 3.63) is 82.4 Å². The minimum absolute atomic E-state index is 0.0537. The lowest BCUT2D eigenvalue weighted by molar-refractivity contribution is -0.117. The summed E-state index contributed by atoms with van der Waals surface area (Å²) in [5.41, 5.74) is 4.64. The lowest BCUT2D eigenvalue weighted by Crippen LogP contribution is -2.22. The lowest BCUT2D eigenvalue weighted by Gasteiger charge is -2.20. The summed E-state index contributed by atoms with van der Waals surface area (Å²) in [7, 11) is 0. The number of nitrogens with one attached hydrogen (secondary N) is 1. The molecule has 1 N–H and O–H groups in total. The minimum atomic E-state index is -0.237. The number of carbonyl (C=O) groups is 1. The molecule has 126 valence electrons. The third-order valence-corrected chi connectivity index (χ3v) is 5.69. The summed E-state index contributed by atoms with van der Waals surface area (Å²) in [5, 5.41) is 5.51. The number of nitrogens with zero attached hydrogens (tertiary/aromatic N) is 1. The summed E-state index contributed by atoms with van der Waals surface area (Å²) in [4.78, 5) is 17.0. The summed E-state index contributed by atoms with van der Waals surface area (Å²) in [6, 6.07) is 17.1. The smallest absolute Gasteiger partial charge is 0.230 e. The average molecular weight is 348 g/mol. The molecule has 0 saturated heterocycles. The highest BCUT2D eigenvalue weighted by atomic mass is 32.1. The molecule has 1 saturated carbocycles. The molecule has 1 amide bonds. The molecule has 1 heterocycles. The van der Waals surface area contributed by atoms with Crippen LogP contribution in [0.25, 0.3) is 0 Å². The van der Waals surface area contributed by atoms with Gasteiger partial charge in [0.05, 0.1) is 5.92 Å². The molecular formula is C21H20N2OS. The van der Waals surface area contributed by atoms with Crippen molar-refractivity contribution in [2.75, 3.05) is 5.32 Å². The zero-order valence-corrected chi connectivity index (χ0v) is 15.1. The number of amides is 1. The van der Waals surface area contributed by atoms with E-state index in [1.165, 1.54) is 33.6 Å². The fraction of sp³-hybridized carbons (Fsp3) is 0.238. The van der Waals surface area contributed by atoms with Gasteiger partial charge in [-0.25, -0.2) is 4.98 Å². The quantitative estimate of drug-likeness (QED) is 0.742. The molecule has 0 bridgehead atoms. The number of aryl methyl sites for hydroxylation is 2. The van der Waals surface area contributed by atoms with E-state index in [-0.39, 0.29) is 17.2 Å². The molecule has 0 unspecified atom stereocenters. The zero-order chi connectivity index (χ0) is 17.4. The van der Waals surface area contributed by atoms with Gasteiger partial charge in [-0.05, 0) is 31.4 Å². The lowest BCUT2D eigenvalue weighted by atomic mass is 9.84. The van der Waals surface area contributed by atoms with E-state index in [1.807, 2.05) is 5.38 Å². The standard InChI is InChI=1S/C21H20N2OS/c1-14-5-3-7-16(11-14)21(17-8-4-6-15(2)12-17)13-18(21)19(24)23-20-22-9-10-25-20/h3-12,18H,13H2,1-2H3,(H,22,23,24)/t18-/m0/s1. The topological polar surface area (TPSA) is 42.0 Å². The molecule has 0 radical (unpaired) electrons. The van der Waals surface area contributed by atoms with Gasteiger partial charge in [0.2, 0.25) is 5.91 Å². The van der Waals surface area contributed by atoms with Crippen LogP contribution in [0.1, 0.15) is 28.7 Å². The molecule has 1 aliphatic rings. The first-order chi connectivity index (χ1) is 12.1. The molecule has 4 rings (SSSR count). The fourth-order valence-corrected chi connectivity index (χ4v) is 4.24. The average Bonchev–Trinajstić information content (AvgIpc) is 3.17. The van der Waals surface area contributed by atoms with Gasteiger partial charge >= 0.3 is 0 Å². The monoisotopic (exact) mass is 348 g/mol. The highest BCUT2D eigenvalue weighted by molar-refractivity contribution is 7.13. The van der Waals surface area contributed by atoms with Gasteiger partial charge in [-0.1, -0.05) is 59.7 Å². The van der Waals surface area contributed by atoms with Gasteiger partial charge < -0.3 is 5.32 Å². The number of thiazole rings is 1. The van der Waals surface area contributed by atoms with Crippen molar-refractivity contribution in [2.45, 2.75) is 25.7 Å². The van der Waals surface area contributed by atoms with Gasteiger partial charge in [0.15, 0.2) is 5.13 Å². The molecule has 1 fully saturated rings. The van der Waals surface area contributed by atoms with Gasteiger partial charge in [-0.15, -0.1) is 11.3 Å². The van der Waals surface area contributed by atoms with E-state index >= 15 is 0 Å². The molecule has 2 aromatic carbocycles. The SMILES string of the molecule is Cc1cccc(C2(c3cccc(C)c3)C[C@H]2C(=O)Nc2nccs2)c1. The second-order valence-corrected chi connectivity index (χ2v) is 7.69. The molecule has 3 aromatic rings. The largest absolute Gasteiger partial charge is 0.302 e. The third kappa shape index (κ3) is 2.87. The Hall–Kier alpha value is -2.46. The number of benzene rings is 2. The van der Waals surface area contributed by atoms with E-state index in [1.54, 1.807) is 6.20 Å². The summed E-state index contributed by atoms with van der Waals surface area (Å²) in [6.07, 6.45) is 2.54. The van der Waals surface area contributed by atoms with E-state index in [0.717, 1.165) is 6.42 Å². The second-order valence-electron chi connectivity index (χ2n) is 6.79. The number of rotatable bonds is 4. The molecule has 4 heteroatoms. The van der Waals surface area contributed by atoms with Gasteiger partial charge in [0, 0.05) is 17.0 Å². The molecular weight excluding hydrogens is 328 g/mol. The Morgan fingerprint density at radius 1 is 1.12 bits per heavy atom. The Bertz CT molecular complexity index is 872. The van der Waals surface area contributed by atoms with Gasteiger partial charge in [-0.2, -0.15) is 0 Å². The second kappa shape index (κ2) is 6.12. The molecule has 0 aliphatic heterocycles. The maximum atomic E-state index is 12.9.